The first-order valence-corrected chi connectivity index (χ1v) is 7.67. The van der Waals surface area contributed by atoms with Gasteiger partial charge in [0.25, 0.3) is 5.91 Å². The smallest absolute Gasteiger partial charge is 0.261 e. The second-order valence-electron chi connectivity index (χ2n) is 5.35. The minimum atomic E-state index is 0.00858. The minimum Gasteiger partial charge on any atom is -0.484 e. The Labute approximate surface area is 134 Å². The van der Waals surface area contributed by atoms with Crippen LogP contribution >= 0.6 is 11.6 Å². The van der Waals surface area contributed by atoms with Gasteiger partial charge in [0.2, 0.25) is 0 Å². The molecule has 2 aromatic rings. The number of pyridine rings is 1. The number of ether oxygens (including phenoxy) is 1. The highest BCUT2D eigenvalue weighted by molar-refractivity contribution is 6.30. The quantitative estimate of drug-likeness (QED) is 0.821. The summed E-state index contributed by atoms with van der Waals surface area (Å²) in [4.78, 5) is 18.3. The molecule has 1 heterocycles. The Bertz CT molecular complexity index is 627. The summed E-state index contributed by atoms with van der Waals surface area (Å²) in [5, 5.41) is 0.649. The number of nitrogens with zero attached hydrogens (tertiary/aromatic N) is 2. The number of benzene rings is 1. The summed E-state index contributed by atoms with van der Waals surface area (Å²) >= 11 is 5.83. The van der Waals surface area contributed by atoms with Crippen LogP contribution in [0.3, 0.4) is 0 Å². The number of carbonyl (C=O) groups is 1. The van der Waals surface area contributed by atoms with Gasteiger partial charge in [-0.15, -0.1) is 0 Å². The summed E-state index contributed by atoms with van der Waals surface area (Å²) in [5.74, 6) is 0.659. The first-order valence-electron chi connectivity index (χ1n) is 7.29. The summed E-state index contributed by atoms with van der Waals surface area (Å²) < 4.78 is 5.56. The third kappa shape index (κ3) is 3.98. The van der Waals surface area contributed by atoms with E-state index in [1.54, 1.807) is 36.7 Å². The molecule has 1 aliphatic rings. The van der Waals surface area contributed by atoms with E-state index in [-0.39, 0.29) is 12.5 Å². The molecule has 1 saturated carbocycles. The second-order valence-corrected chi connectivity index (χ2v) is 5.79. The van der Waals surface area contributed by atoms with Crippen LogP contribution in [0.15, 0.2) is 48.8 Å². The second kappa shape index (κ2) is 6.79. The molecule has 4 nitrogen and oxygen atoms in total. The molecule has 0 spiro atoms. The lowest BCUT2D eigenvalue weighted by atomic mass is 10.2. The Hall–Kier alpha value is -2.07. The van der Waals surface area contributed by atoms with E-state index in [0.717, 1.165) is 18.4 Å². The highest BCUT2D eigenvalue weighted by atomic mass is 35.5. The lowest BCUT2D eigenvalue weighted by molar-refractivity contribution is -0.134. The molecule has 1 fully saturated rings. The number of halogens is 1. The van der Waals surface area contributed by atoms with Crippen LogP contribution in [0.4, 0.5) is 0 Å². The van der Waals surface area contributed by atoms with Gasteiger partial charge in [0.05, 0.1) is 0 Å². The van der Waals surface area contributed by atoms with Gasteiger partial charge in [0.15, 0.2) is 6.61 Å². The Morgan fingerprint density at radius 2 is 1.86 bits per heavy atom. The predicted molar refractivity (Wildman–Crippen MR) is 84.8 cm³/mol. The fourth-order valence-electron chi connectivity index (χ4n) is 2.25. The van der Waals surface area contributed by atoms with Crippen molar-refractivity contribution in [1.82, 2.24) is 9.88 Å². The van der Waals surface area contributed by atoms with Crippen LogP contribution in [0.25, 0.3) is 0 Å². The average Bonchev–Trinajstić information content (AvgIpc) is 3.37. The molecule has 114 valence electrons. The van der Waals surface area contributed by atoms with Gasteiger partial charge >= 0.3 is 0 Å². The molecule has 0 N–H and O–H groups in total. The zero-order chi connectivity index (χ0) is 15.4. The highest BCUT2D eigenvalue weighted by Gasteiger charge is 2.32. The van der Waals surface area contributed by atoms with Crippen molar-refractivity contribution in [2.24, 2.45) is 0 Å². The number of rotatable bonds is 6. The van der Waals surface area contributed by atoms with Crippen molar-refractivity contribution >= 4 is 17.5 Å². The zero-order valence-corrected chi connectivity index (χ0v) is 12.9. The Kier molecular flexibility index (Phi) is 4.59. The number of hydrogen-bond donors (Lipinski definition) is 0. The molecule has 3 rings (SSSR count). The van der Waals surface area contributed by atoms with Crippen molar-refractivity contribution in [2.45, 2.75) is 25.4 Å². The van der Waals surface area contributed by atoms with E-state index in [0.29, 0.717) is 23.4 Å². The van der Waals surface area contributed by atoms with Crippen LogP contribution < -0.4 is 4.74 Å². The first kappa shape index (κ1) is 14.9. The fraction of sp³-hybridized carbons (Fsp3) is 0.294. The molecular formula is C17H17ClN2O2. The Morgan fingerprint density at radius 1 is 1.18 bits per heavy atom. The molecule has 0 radical (unpaired) electrons. The molecule has 0 unspecified atom stereocenters. The molecule has 1 amide bonds. The highest BCUT2D eigenvalue weighted by Crippen LogP contribution is 2.28. The van der Waals surface area contributed by atoms with Crippen LogP contribution in [0.5, 0.6) is 5.75 Å². The van der Waals surface area contributed by atoms with E-state index in [2.05, 4.69) is 4.98 Å². The number of amides is 1. The molecule has 1 aromatic heterocycles. The monoisotopic (exact) mass is 316 g/mol. The van der Waals surface area contributed by atoms with Gasteiger partial charge in [0.1, 0.15) is 5.75 Å². The van der Waals surface area contributed by atoms with Crippen LogP contribution in [-0.4, -0.2) is 28.4 Å². The van der Waals surface area contributed by atoms with E-state index in [9.17, 15) is 4.79 Å². The molecule has 1 aromatic carbocycles. The molecule has 0 bridgehead atoms. The van der Waals surface area contributed by atoms with E-state index < -0.39 is 0 Å². The largest absolute Gasteiger partial charge is 0.484 e. The van der Waals surface area contributed by atoms with Gasteiger partial charge in [-0.2, -0.15) is 0 Å². The van der Waals surface area contributed by atoms with E-state index >= 15 is 0 Å². The predicted octanol–water partition coefficient (Wildman–Crippen LogP) is 3.31. The fourth-order valence-corrected chi connectivity index (χ4v) is 2.38. The average molecular weight is 317 g/mol. The van der Waals surface area contributed by atoms with Crippen LogP contribution in [0.2, 0.25) is 5.02 Å². The third-order valence-corrected chi connectivity index (χ3v) is 3.84. The van der Waals surface area contributed by atoms with Crippen molar-refractivity contribution in [3.8, 4) is 5.75 Å². The van der Waals surface area contributed by atoms with E-state index in [4.69, 9.17) is 16.3 Å². The molecule has 0 aliphatic heterocycles. The Balaban J connectivity index is 1.59. The number of hydrogen-bond acceptors (Lipinski definition) is 3. The van der Waals surface area contributed by atoms with E-state index in [1.165, 1.54) is 0 Å². The SMILES string of the molecule is O=C(COc1ccc(Cl)cc1)N(Cc1ccncc1)C1CC1. The van der Waals surface area contributed by atoms with Crippen molar-refractivity contribution in [2.75, 3.05) is 6.61 Å². The number of aromatic nitrogens is 1. The molecule has 1 aliphatic carbocycles. The summed E-state index contributed by atoms with van der Waals surface area (Å²) in [6.07, 6.45) is 5.62. The maximum Gasteiger partial charge on any atom is 0.261 e. The molecule has 22 heavy (non-hydrogen) atoms. The first-order chi connectivity index (χ1) is 10.7. The van der Waals surface area contributed by atoms with Crippen molar-refractivity contribution in [3.05, 3.63) is 59.4 Å². The van der Waals surface area contributed by atoms with Crippen LogP contribution in [-0.2, 0) is 11.3 Å². The van der Waals surface area contributed by atoms with Crippen molar-refractivity contribution in [3.63, 3.8) is 0 Å². The summed E-state index contributed by atoms with van der Waals surface area (Å²) in [6.45, 7) is 0.652. The molecule has 0 saturated heterocycles. The molecule has 0 atom stereocenters. The normalized spacial score (nSPS) is 13.7. The molecular weight excluding hydrogens is 300 g/mol. The van der Waals surface area contributed by atoms with E-state index in [1.807, 2.05) is 17.0 Å². The van der Waals surface area contributed by atoms with Crippen LogP contribution in [0, 0.1) is 0 Å². The minimum absolute atomic E-state index is 0.00858. The maximum absolute atomic E-state index is 12.4. The topological polar surface area (TPSA) is 42.4 Å². The van der Waals surface area contributed by atoms with Crippen LogP contribution in [0.1, 0.15) is 18.4 Å². The van der Waals surface area contributed by atoms with Gasteiger partial charge in [0, 0.05) is 30.0 Å². The Morgan fingerprint density at radius 3 is 2.50 bits per heavy atom. The van der Waals surface area contributed by atoms with Crippen molar-refractivity contribution < 1.29 is 9.53 Å². The standard InChI is InChI=1S/C17H17ClN2O2/c18-14-1-5-16(6-2-14)22-12-17(21)20(15-3-4-15)11-13-7-9-19-10-8-13/h1-2,5-10,15H,3-4,11-12H2. The summed E-state index contributed by atoms with van der Waals surface area (Å²) in [5.41, 5.74) is 1.08. The van der Waals surface area contributed by atoms with Crippen molar-refractivity contribution in [1.29, 1.82) is 0 Å². The lowest BCUT2D eigenvalue weighted by Crippen LogP contribution is -2.36. The zero-order valence-electron chi connectivity index (χ0n) is 12.1. The van der Waals surface area contributed by atoms with Gasteiger partial charge in [-0.1, -0.05) is 11.6 Å². The van der Waals surface area contributed by atoms with Gasteiger partial charge in [-0.25, -0.2) is 0 Å². The lowest BCUT2D eigenvalue weighted by Gasteiger charge is -2.22. The third-order valence-electron chi connectivity index (χ3n) is 3.59. The number of carbonyl (C=O) groups excluding carboxylic acids is 1. The van der Waals surface area contributed by atoms with Gasteiger partial charge < -0.3 is 9.64 Å². The maximum atomic E-state index is 12.4. The van der Waals surface area contributed by atoms with Gasteiger partial charge in [-0.3, -0.25) is 9.78 Å². The van der Waals surface area contributed by atoms with Gasteiger partial charge in [-0.05, 0) is 54.8 Å². The molecule has 5 heteroatoms. The summed E-state index contributed by atoms with van der Waals surface area (Å²) in [7, 11) is 0. The summed E-state index contributed by atoms with van der Waals surface area (Å²) in [6, 6.07) is 11.2.